The molecule has 0 aromatic heterocycles. The first-order valence-corrected chi connectivity index (χ1v) is 8.85. The molecular weight excluding hydrogens is 410 g/mol. The van der Waals surface area contributed by atoms with Gasteiger partial charge in [0.05, 0.1) is 18.6 Å². The number of hydrogen-bond donors (Lipinski definition) is 1. The van der Waals surface area contributed by atoms with Crippen molar-refractivity contribution in [1.82, 2.24) is 0 Å². The first-order chi connectivity index (χ1) is 13.0. The summed E-state index contributed by atoms with van der Waals surface area (Å²) in [7, 11) is 0. The van der Waals surface area contributed by atoms with Crippen LogP contribution in [0.1, 0.15) is 47.2 Å². The van der Waals surface area contributed by atoms with Gasteiger partial charge in [0.1, 0.15) is 5.82 Å². The summed E-state index contributed by atoms with van der Waals surface area (Å²) in [6.45, 7) is 7.14. The lowest BCUT2D eigenvalue weighted by Crippen LogP contribution is -2.20. The molecule has 0 fully saturated rings. The Morgan fingerprint density at radius 3 is 2.14 bits per heavy atom. The zero-order chi connectivity index (χ0) is 21.2. The second kappa shape index (κ2) is 9.59. The third-order valence-corrected chi connectivity index (χ3v) is 4.46. The van der Waals surface area contributed by atoms with Gasteiger partial charge in [-0.25, -0.2) is 4.39 Å². The first kappa shape index (κ1) is 24.9. The molecule has 2 rings (SSSR count). The Morgan fingerprint density at radius 2 is 1.66 bits per heavy atom. The molecule has 0 radical (unpaired) electrons. The number of benzene rings is 2. The summed E-state index contributed by atoms with van der Waals surface area (Å²) in [6, 6.07) is 4.51. The van der Waals surface area contributed by atoms with Gasteiger partial charge in [-0.1, -0.05) is 17.7 Å². The van der Waals surface area contributed by atoms with Gasteiger partial charge in [-0.2, -0.15) is 13.2 Å². The highest BCUT2D eigenvalue weighted by Gasteiger charge is 2.37. The van der Waals surface area contributed by atoms with Crippen molar-refractivity contribution >= 4 is 18.4 Å². The fraction of sp³-hybridized carbons (Fsp3) is 0.381. The van der Waals surface area contributed by atoms with E-state index in [4.69, 9.17) is 10.5 Å². The molecule has 0 aliphatic carbocycles. The summed E-state index contributed by atoms with van der Waals surface area (Å²) in [6.07, 6.45) is -5.32. The van der Waals surface area contributed by atoms with E-state index in [2.05, 4.69) is 0 Å². The molecule has 0 aliphatic heterocycles. The van der Waals surface area contributed by atoms with E-state index in [1.807, 2.05) is 19.1 Å². The molecule has 2 aromatic rings. The number of rotatable bonds is 5. The van der Waals surface area contributed by atoms with E-state index >= 15 is 0 Å². The van der Waals surface area contributed by atoms with Gasteiger partial charge in [-0.15, -0.1) is 12.4 Å². The van der Waals surface area contributed by atoms with Gasteiger partial charge >= 0.3 is 12.1 Å². The van der Waals surface area contributed by atoms with Crippen LogP contribution in [0.2, 0.25) is 0 Å². The summed E-state index contributed by atoms with van der Waals surface area (Å²) >= 11 is 0. The molecule has 3 nitrogen and oxygen atoms in total. The minimum Gasteiger partial charge on any atom is -0.466 e. The molecule has 0 bridgehead atoms. The predicted molar refractivity (Wildman–Crippen MR) is 106 cm³/mol. The Morgan fingerprint density at radius 1 is 1.10 bits per heavy atom. The number of carbonyl (C=O) groups excluding carboxylic acids is 1. The number of halogens is 5. The Bertz CT molecular complexity index is 874. The van der Waals surface area contributed by atoms with Crippen LogP contribution in [-0.2, 0) is 15.7 Å². The van der Waals surface area contributed by atoms with Crippen molar-refractivity contribution in [3.63, 3.8) is 0 Å². The third-order valence-electron chi connectivity index (χ3n) is 4.46. The van der Waals surface area contributed by atoms with E-state index in [9.17, 15) is 22.4 Å². The molecule has 0 heterocycles. The minimum absolute atomic E-state index is 0. The lowest BCUT2D eigenvalue weighted by molar-refractivity contribution is -0.143. The number of carbonyl (C=O) groups is 1. The van der Waals surface area contributed by atoms with Crippen molar-refractivity contribution in [3.8, 4) is 11.1 Å². The Hall–Kier alpha value is -2.12. The van der Waals surface area contributed by atoms with Gasteiger partial charge in [0.15, 0.2) is 0 Å². The SMILES string of the molecule is CCOC(=O)CC(N)c1cc(-c2c(C)cc(C)cc2C)cc(C(F)(F)F)c1F.Cl. The van der Waals surface area contributed by atoms with Gasteiger partial charge in [-0.3, -0.25) is 4.79 Å². The summed E-state index contributed by atoms with van der Waals surface area (Å²) < 4.78 is 59.8. The van der Waals surface area contributed by atoms with Crippen molar-refractivity contribution in [1.29, 1.82) is 0 Å². The van der Waals surface area contributed by atoms with E-state index in [1.165, 1.54) is 6.07 Å². The summed E-state index contributed by atoms with van der Waals surface area (Å²) in [5.41, 5.74) is 7.40. The van der Waals surface area contributed by atoms with Gasteiger partial charge in [0, 0.05) is 11.6 Å². The molecule has 0 amide bonds. The molecular formula is C21H24ClF4NO2. The molecule has 0 saturated heterocycles. The fourth-order valence-electron chi connectivity index (χ4n) is 3.41. The number of ether oxygens (including phenoxy) is 1. The van der Waals surface area contributed by atoms with Crippen molar-refractivity contribution in [2.45, 2.75) is 46.3 Å². The van der Waals surface area contributed by atoms with E-state index < -0.39 is 36.0 Å². The number of hydrogen-bond acceptors (Lipinski definition) is 3. The van der Waals surface area contributed by atoms with Crippen LogP contribution in [0.5, 0.6) is 0 Å². The Labute approximate surface area is 173 Å². The Balaban J connectivity index is 0.00000420. The fourth-order valence-corrected chi connectivity index (χ4v) is 3.41. The Kier molecular flexibility index (Phi) is 8.24. The van der Waals surface area contributed by atoms with Gasteiger partial charge in [0.2, 0.25) is 0 Å². The maximum absolute atomic E-state index is 14.7. The van der Waals surface area contributed by atoms with Crippen LogP contribution in [0.25, 0.3) is 11.1 Å². The monoisotopic (exact) mass is 433 g/mol. The third kappa shape index (κ3) is 5.70. The van der Waals surface area contributed by atoms with Gasteiger partial charge < -0.3 is 10.5 Å². The van der Waals surface area contributed by atoms with Crippen LogP contribution in [0.4, 0.5) is 17.6 Å². The average Bonchev–Trinajstić information content (AvgIpc) is 2.54. The lowest BCUT2D eigenvalue weighted by atomic mass is 9.89. The van der Waals surface area contributed by atoms with Crippen LogP contribution in [0.3, 0.4) is 0 Å². The average molecular weight is 434 g/mol. The van der Waals surface area contributed by atoms with Gasteiger partial charge in [0.25, 0.3) is 0 Å². The molecule has 160 valence electrons. The van der Waals surface area contributed by atoms with Crippen LogP contribution in [-0.4, -0.2) is 12.6 Å². The number of nitrogens with two attached hydrogens (primary N) is 1. The smallest absolute Gasteiger partial charge is 0.419 e. The molecule has 2 aromatic carbocycles. The molecule has 2 N–H and O–H groups in total. The topological polar surface area (TPSA) is 52.3 Å². The van der Waals surface area contributed by atoms with Crippen LogP contribution < -0.4 is 5.73 Å². The van der Waals surface area contributed by atoms with Crippen molar-refractivity contribution in [3.05, 3.63) is 57.9 Å². The zero-order valence-corrected chi connectivity index (χ0v) is 17.4. The molecule has 0 spiro atoms. The minimum atomic E-state index is -4.90. The normalized spacial score (nSPS) is 12.3. The van der Waals surface area contributed by atoms with Crippen molar-refractivity contribution < 1.29 is 27.1 Å². The van der Waals surface area contributed by atoms with Crippen LogP contribution in [0, 0.1) is 26.6 Å². The molecule has 0 aliphatic rings. The zero-order valence-electron chi connectivity index (χ0n) is 16.6. The quantitative estimate of drug-likeness (QED) is 0.478. The maximum atomic E-state index is 14.7. The predicted octanol–water partition coefficient (Wildman–Crippen LogP) is 5.81. The maximum Gasteiger partial charge on any atom is 0.419 e. The number of alkyl halides is 3. The van der Waals surface area contributed by atoms with Crippen molar-refractivity contribution in [2.75, 3.05) is 6.61 Å². The second-order valence-corrected chi connectivity index (χ2v) is 6.81. The molecule has 1 atom stereocenters. The van der Waals surface area contributed by atoms with Gasteiger partial charge in [-0.05, 0) is 62.1 Å². The lowest BCUT2D eigenvalue weighted by Gasteiger charge is -2.20. The van der Waals surface area contributed by atoms with E-state index in [-0.39, 0.29) is 30.1 Å². The first-order valence-electron chi connectivity index (χ1n) is 8.85. The summed E-state index contributed by atoms with van der Waals surface area (Å²) in [5, 5.41) is 0. The second-order valence-electron chi connectivity index (χ2n) is 6.81. The van der Waals surface area contributed by atoms with Crippen LogP contribution >= 0.6 is 12.4 Å². The summed E-state index contributed by atoms with van der Waals surface area (Å²) in [4.78, 5) is 11.7. The standard InChI is InChI=1S/C21H23F4NO2.ClH/c1-5-28-18(27)10-17(26)15-8-14(9-16(20(15)22)21(23,24)25)19-12(3)6-11(2)7-13(19)4;/h6-9,17H,5,10,26H2,1-4H3;1H. The summed E-state index contributed by atoms with van der Waals surface area (Å²) in [5.74, 6) is -2.16. The number of esters is 1. The number of aryl methyl sites for hydroxylation is 3. The highest BCUT2D eigenvalue weighted by atomic mass is 35.5. The highest BCUT2D eigenvalue weighted by Crippen LogP contribution is 2.39. The van der Waals surface area contributed by atoms with E-state index in [0.717, 1.165) is 22.8 Å². The van der Waals surface area contributed by atoms with Crippen molar-refractivity contribution in [2.24, 2.45) is 5.73 Å². The van der Waals surface area contributed by atoms with Crippen LogP contribution in [0.15, 0.2) is 24.3 Å². The molecule has 0 saturated carbocycles. The highest BCUT2D eigenvalue weighted by molar-refractivity contribution is 5.85. The molecule has 1 unspecified atom stereocenters. The molecule has 8 heteroatoms. The van der Waals surface area contributed by atoms with E-state index in [0.29, 0.717) is 5.56 Å². The van der Waals surface area contributed by atoms with E-state index in [1.54, 1.807) is 20.8 Å². The molecule has 29 heavy (non-hydrogen) atoms. The largest absolute Gasteiger partial charge is 0.466 e.